The molecule has 0 aromatic heterocycles. The lowest BCUT2D eigenvalue weighted by atomic mass is 10.1. The summed E-state index contributed by atoms with van der Waals surface area (Å²) >= 11 is 3.46. The van der Waals surface area contributed by atoms with Crippen LogP contribution in [-0.2, 0) is 11.3 Å². The number of hydrogen-bond acceptors (Lipinski definition) is 1. The molecule has 0 saturated heterocycles. The highest BCUT2D eigenvalue weighted by Gasteiger charge is 2.05. The number of ether oxygens (including phenoxy) is 1. The van der Waals surface area contributed by atoms with E-state index in [0.29, 0.717) is 6.61 Å². The first-order valence-corrected chi connectivity index (χ1v) is 6.46. The first kappa shape index (κ1) is 12.3. The van der Waals surface area contributed by atoms with E-state index in [1.54, 1.807) is 0 Å². The molecule has 0 aliphatic carbocycles. The van der Waals surface area contributed by atoms with E-state index in [0.717, 1.165) is 4.47 Å². The molecule has 0 radical (unpaired) electrons. The summed E-state index contributed by atoms with van der Waals surface area (Å²) in [4.78, 5) is 0. The van der Waals surface area contributed by atoms with Gasteiger partial charge in [0.05, 0.1) is 12.7 Å². The lowest BCUT2D eigenvalue weighted by Crippen LogP contribution is -2.00. The second kappa shape index (κ2) is 5.99. The summed E-state index contributed by atoms with van der Waals surface area (Å²) in [6.07, 6.45) is 0.121. The molecule has 0 amide bonds. The fraction of sp³-hybridized carbons (Fsp3) is 0.200. The molecule has 0 fully saturated rings. The molecule has 1 unspecified atom stereocenters. The highest BCUT2D eigenvalue weighted by molar-refractivity contribution is 9.10. The molecule has 88 valence electrons. The van der Waals surface area contributed by atoms with Crippen LogP contribution < -0.4 is 0 Å². The predicted molar refractivity (Wildman–Crippen MR) is 73.8 cm³/mol. The van der Waals surface area contributed by atoms with Crippen molar-refractivity contribution in [2.45, 2.75) is 19.6 Å². The van der Waals surface area contributed by atoms with E-state index in [9.17, 15) is 0 Å². The van der Waals surface area contributed by atoms with Crippen molar-refractivity contribution in [2.75, 3.05) is 0 Å². The highest BCUT2D eigenvalue weighted by atomic mass is 79.9. The van der Waals surface area contributed by atoms with E-state index in [-0.39, 0.29) is 6.10 Å². The van der Waals surface area contributed by atoms with Crippen molar-refractivity contribution in [3.05, 3.63) is 70.2 Å². The third kappa shape index (κ3) is 3.69. The van der Waals surface area contributed by atoms with Gasteiger partial charge in [-0.3, -0.25) is 0 Å². The molecule has 0 saturated carbocycles. The summed E-state index contributed by atoms with van der Waals surface area (Å²) < 4.78 is 6.94. The minimum atomic E-state index is 0.121. The molecule has 17 heavy (non-hydrogen) atoms. The van der Waals surface area contributed by atoms with Gasteiger partial charge in [-0.25, -0.2) is 0 Å². The smallest absolute Gasteiger partial charge is 0.0801 e. The summed E-state index contributed by atoms with van der Waals surface area (Å²) in [5, 5.41) is 0. The fourth-order valence-electron chi connectivity index (χ4n) is 1.67. The lowest BCUT2D eigenvalue weighted by molar-refractivity contribution is 0.0525. The van der Waals surface area contributed by atoms with Crippen molar-refractivity contribution >= 4 is 15.9 Å². The van der Waals surface area contributed by atoms with E-state index < -0.39 is 0 Å². The van der Waals surface area contributed by atoms with Gasteiger partial charge >= 0.3 is 0 Å². The molecule has 0 aliphatic heterocycles. The molecule has 0 spiro atoms. The Kier molecular flexibility index (Phi) is 4.35. The van der Waals surface area contributed by atoms with Crippen molar-refractivity contribution < 1.29 is 4.74 Å². The van der Waals surface area contributed by atoms with Crippen LogP contribution in [0.2, 0.25) is 0 Å². The van der Waals surface area contributed by atoms with Gasteiger partial charge in [0, 0.05) is 4.47 Å². The van der Waals surface area contributed by atoms with Gasteiger partial charge in [-0.1, -0.05) is 58.4 Å². The van der Waals surface area contributed by atoms with Crippen LogP contribution in [0, 0.1) is 0 Å². The van der Waals surface area contributed by atoms with E-state index in [4.69, 9.17) is 4.74 Å². The molecule has 0 bridgehead atoms. The third-order valence-corrected chi connectivity index (χ3v) is 3.15. The molecule has 2 rings (SSSR count). The Morgan fingerprint density at radius 2 is 1.82 bits per heavy atom. The van der Waals surface area contributed by atoms with Crippen LogP contribution in [0.5, 0.6) is 0 Å². The van der Waals surface area contributed by atoms with Gasteiger partial charge in [0.25, 0.3) is 0 Å². The molecular formula is C15H15BrO. The molecule has 1 nitrogen and oxygen atoms in total. The van der Waals surface area contributed by atoms with Gasteiger partial charge in [0.15, 0.2) is 0 Å². The number of benzene rings is 2. The zero-order chi connectivity index (χ0) is 12.1. The van der Waals surface area contributed by atoms with Crippen LogP contribution >= 0.6 is 15.9 Å². The Hall–Kier alpha value is -1.12. The quantitative estimate of drug-likeness (QED) is 0.791. The maximum absolute atomic E-state index is 5.85. The van der Waals surface area contributed by atoms with Crippen molar-refractivity contribution in [2.24, 2.45) is 0 Å². The van der Waals surface area contributed by atoms with Gasteiger partial charge in [-0.2, -0.15) is 0 Å². The average Bonchev–Trinajstić information content (AvgIpc) is 2.37. The van der Waals surface area contributed by atoms with Crippen molar-refractivity contribution in [3.63, 3.8) is 0 Å². The molecule has 1 atom stereocenters. The predicted octanol–water partition coefficient (Wildman–Crippen LogP) is 4.73. The SMILES string of the molecule is CC(OCc1cccc(Br)c1)c1ccccc1. The molecule has 2 aromatic rings. The molecule has 0 N–H and O–H groups in total. The maximum atomic E-state index is 5.85. The summed E-state index contributed by atoms with van der Waals surface area (Å²) in [5.41, 5.74) is 2.39. The largest absolute Gasteiger partial charge is 0.369 e. The molecule has 2 aromatic carbocycles. The lowest BCUT2D eigenvalue weighted by Gasteiger charge is -2.13. The minimum absolute atomic E-state index is 0.121. The van der Waals surface area contributed by atoms with Crippen molar-refractivity contribution in [3.8, 4) is 0 Å². The van der Waals surface area contributed by atoms with E-state index in [2.05, 4.69) is 47.1 Å². The molecular weight excluding hydrogens is 276 g/mol. The zero-order valence-corrected chi connectivity index (χ0v) is 11.4. The Morgan fingerprint density at radius 1 is 1.06 bits per heavy atom. The Labute approximate surface area is 111 Å². The third-order valence-electron chi connectivity index (χ3n) is 2.66. The molecule has 2 heteroatoms. The summed E-state index contributed by atoms with van der Waals surface area (Å²) in [7, 11) is 0. The number of hydrogen-bond donors (Lipinski definition) is 0. The van der Waals surface area contributed by atoms with Crippen LogP contribution in [0.15, 0.2) is 59.1 Å². The van der Waals surface area contributed by atoms with Crippen LogP contribution in [-0.4, -0.2) is 0 Å². The van der Waals surface area contributed by atoms with Gasteiger partial charge in [0.1, 0.15) is 0 Å². The van der Waals surface area contributed by atoms with Gasteiger partial charge < -0.3 is 4.74 Å². The second-order valence-corrected chi connectivity index (χ2v) is 4.91. The van der Waals surface area contributed by atoms with Crippen LogP contribution in [0.3, 0.4) is 0 Å². The van der Waals surface area contributed by atoms with E-state index >= 15 is 0 Å². The van der Waals surface area contributed by atoms with E-state index in [1.807, 2.05) is 30.3 Å². The van der Waals surface area contributed by atoms with Gasteiger partial charge in [-0.05, 0) is 30.2 Å². The van der Waals surface area contributed by atoms with Crippen LogP contribution in [0.25, 0.3) is 0 Å². The summed E-state index contributed by atoms with van der Waals surface area (Å²) in [6, 6.07) is 18.5. The minimum Gasteiger partial charge on any atom is -0.369 e. The van der Waals surface area contributed by atoms with Crippen molar-refractivity contribution in [1.29, 1.82) is 0 Å². The van der Waals surface area contributed by atoms with Crippen LogP contribution in [0.4, 0.5) is 0 Å². The number of rotatable bonds is 4. The first-order chi connectivity index (χ1) is 8.25. The summed E-state index contributed by atoms with van der Waals surface area (Å²) in [5.74, 6) is 0. The number of halogens is 1. The van der Waals surface area contributed by atoms with Gasteiger partial charge in [-0.15, -0.1) is 0 Å². The Balaban J connectivity index is 1.95. The second-order valence-electron chi connectivity index (χ2n) is 3.99. The molecule has 0 heterocycles. The standard InChI is InChI=1S/C15H15BrO/c1-12(14-7-3-2-4-8-14)17-11-13-6-5-9-15(16)10-13/h2-10,12H,11H2,1H3. The summed E-state index contributed by atoms with van der Waals surface area (Å²) in [6.45, 7) is 2.71. The van der Waals surface area contributed by atoms with Crippen molar-refractivity contribution in [1.82, 2.24) is 0 Å². The monoisotopic (exact) mass is 290 g/mol. The maximum Gasteiger partial charge on any atom is 0.0801 e. The molecule has 0 aliphatic rings. The fourth-order valence-corrected chi connectivity index (χ4v) is 2.11. The highest BCUT2D eigenvalue weighted by Crippen LogP contribution is 2.19. The topological polar surface area (TPSA) is 9.23 Å². The first-order valence-electron chi connectivity index (χ1n) is 5.66. The van der Waals surface area contributed by atoms with Crippen LogP contribution in [0.1, 0.15) is 24.2 Å². The van der Waals surface area contributed by atoms with Gasteiger partial charge in [0.2, 0.25) is 0 Å². The Morgan fingerprint density at radius 3 is 2.53 bits per heavy atom. The Bertz CT molecular complexity index is 467. The zero-order valence-electron chi connectivity index (χ0n) is 9.77. The average molecular weight is 291 g/mol. The van der Waals surface area contributed by atoms with E-state index in [1.165, 1.54) is 11.1 Å². The normalized spacial score (nSPS) is 12.4.